The highest BCUT2D eigenvalue weighted by molar-refractivity contribution is 5.99. The van der Waals surface area contributed by atoms with Gasteiger partial charge in [-0.3, -0.25) is 33.4 Å². The van der Waals surface area contributed by atoms with Gasteiger partial charge in [0, 0.05) is 83.7 Å². The SMILES string of the molecule is CCn1nc(C)cc1C(=O)/N=c1\[nH]c2cc(C(N)=O)cc(OC)c2n1C/C=C/Cn1/c(=N/C(=O)c2cc(C)nn2CC)[nH]c2cc(C(N)=O)cc(OCCCN3CCN(CCOC)CC3)c21. The molecule has 6 N–H and O–H groups in total. The highest BCUT2D eigenvalue weighted by atomic mass is 16.5. The van der Waals surface area contributed by atoms with Crippen LogP contribution in [-0.4, -0.2) is 139 Å². The summed E-state index contributed by atoms with van der Waals surface area (Å²) in [5, 5.41) is 8.84. The lowest BCUT2D eigenvalue weighted by molar-refractivity contribution is 0.0941. The second-order valence-electron chi connectivity index (χ2n) is 15.9. The fourth-order valence-corrected chi connectivity index (χ4v) is 8.14. The van der Waals surface area contributed by atoms with Gasteiger partial charge in [0.25, 0.3) is 11.8 Å². The minimum Gasteiger partial charge on any atom is -0.494 e. The zero-order valence-corrected chi connectivity index (χ0v) is 38.3. The lowest BCUT2D eigenvalue weighted by Gasteiger charge is -2.34. The molecule has 350 valence electrons. The number of H-pyrrole nitrogens is 2. The van der Waals surface area contributed by atoms with Crippen LogP contribution in [0.4, 0.5) is 0 Å². The van der Waals surface area contributed by atoms with Gasteiger partial charge in [0.1, 0.15) is 33.9 Å². The van der Waals surface area contributed by atoms with Crippen LogP contribution in [0.5, 0.6) is 11.5 Å². The number of piperazine rings is 1. The maximum absolute atomic E-state index is 13.8. The van der Waals surface area contributed by atoms with Crippen molar-refractivity contribution < 1.29 is 33.4 Å². The van der Waals surface area contributed by atoms with Gasteiger partial charge in [0.15, 0.2) is 0 Å². The number of imidazole rings is 2. The number of primary amides is 2. The smallest absolute Gasteiger partial charge is 0.298 e. The third-order valence-corrected chi connectivity index (χ3v) is 11.4. The normalized spacial score (nSPS) is 14.3. The Morgan fingerprint density at radius 2 is 1.15 bits per heavy atom. The zero-order valence-electron chi connectivity index (χ0n) is 38.3. The number of aryl methyl sites for hydroxylation is 4. The first-order valence-electron chi connectivity index (χ1n) is 22.0. The van der Waals surface area contributed by atoms with Crippen molar-refractivity contribution in [3.8, 4) is 11.5 Å². The van der Waals surface area contributed by atoms with E-state index in [2.05, 4.69) is 39.9 Å². The molecule has 1 aliphatic rings. The van der Waals surface area contributed by atoms with E-state index in [4.69, 9.17) is 25.7 Å². The second kappa shape index (κ2) is 20.8. The topological polar surface area (TPSA) is 256 Å². The number of allylic oxidation sites excluding steroid dienone is 2. The molecule has 0 atom stereocenters. The molecule has 5 heterocycles. The van der Waals surface area contributed by atoms with Crippen molar-refractivity contribution >= 4 is 45.7 Å². The summed E-state index contributed by atoms with van der Waals surface area (Å²) in [6.07, 6.45) is 4.45. The molecule has 0 saturated carbocycles. The van der Waals surface area contributed by atoms with Gasteiger partial charge in [0.05, 0.1) is 42.7 Å². The van der Waals surface area contributed by atoms with Crippen molar-refractivity contribution in [2.45, 2.75) is 60.3 Å². The third-order valence-electron chi connectivity index (χ3n) is 11.4. The molecule has 4 amide bonds. The molecular weight excluding hydrogens is 849 g/mol. The van der Waals surface area contributed by atoms with Gasteiger partial charge in [0.2, 0.25) is 23.1 Å². The van der Waals surface area contributed by atoms with Gasteiger partial charge in [-0.15, -0.1) is 0 Å². The molecule has 66 heavy (non-hydrogen) atoms. The van der Waals surface area contributed by atoms with E-state index < -0.39 is 23.6 Å². The largest absolute Gasteiger partial charge is 0.494 e. The van der Waals surface area contributed by atoms with E-state index in [1.165, 1.54) is 13.2 Å². The van der Waals surface area contributed by atoms with Gasteiger partial charge < -0.3 is 49.7 Å². The van der Waals surface area contributed by atoms with Crippen LogP contribution in [0.3, 0.4) is 0 Å². The molecule has 6 aromatic rings. The standard InChI is InChI=1S/C45H58N14O7/c1-7-58-34(22-28(3)52-58)42(62)50-44-48-32-24-30(40(46)60)26-36(65-6)38(32)56(44)13-9-10-14-57-39-33(49-45(57)51-43(63)35-23-29(4)53-59(35)8-2)25-31(41(47)61)27-37(39)66-20-11-12-54-15-17-55(18-16-54)19-21-64-5/h9-10,22-27H,7-8,11-21H2,1-6H3,(H2,46,60)(H2,47,61)(H,48,50,62)(H,49,51,63)/b10-9+. The van der Waals surface area contributed by atoms with E-state index in [-0.39, 0.29) is 35.5 Å². The lowest BCUT2D eigenvalue weighted by Crippen LogP contribution is -2.47. The van der Waals surface area contributed by atoms with Gasteiger partial charge >= 0.3 is 0 Å². The van der Waals surface area contributed by atoms with Crippen LogP contribution in [0.1, 0.15) is 73.3 Å². The van der Waals surface area contributed by atoms with Crippen molar-refractivity contribution in [3.05, 3.63) is 93.7 Å². The highest BCUT2D eigenvalue weighted by Gasteiger charge is 2.21. The van der Waals surface area contributed by atoms with Crippen molar-refractivity contribution in [1.82, 2.24) is 48.5 Å². The number of nitrogens with two attached hydrogens (primary N) is 2. The van der Waals surface area contributed by atoms with Crippen LogP contribution in [0, 0.1) is 13.8 Å². The molecule has 1 saturated heterocycles. The number of amides is 4. The van der Waals surface area contributed by atoms with Crippen LogP contribution in [0.25, 0.3) is 22.1 Å². The summed E-state index contributed by atoms with van der Waals surface area (Å²) in [4.78, 5) is 72.7. The number of carbonyl (C=O) groups excluding carboxylic acids is 4. The Kier molecular flexibility index (Phi) is 14.8. The van der Waals surface area contributed by atoms with Gasteiger partial charge in [-0.25, -0.2) is 0 Å². The van der Waals surface area contributed by atoms with E-state index in [0.717, 1.165) is 45.7 Å². The summed E-state index contributed by atoms with van der Waals surface area (Å²) in [6, 6.07) is 9.70. The summed E-state index contributed by atoms with van der Waals surface area (Å²) in [5.41, 5.74) is 16.3. The number of nitrogens with zero attached hydrogens (tertiary/aromatic N) is 10. The molecule has 1 aliphatic heterocycles. The van der Waals surface area contributed by atoms with Gasteiger partial charge in [-0.2, -0.15) is 20.2 Å². The van der Waals surface area contributed by atoms with Gasteiger partial charge in [-0.05, 0) is 70.5 Å². The number of hydrogen-bond donors (Lipinski definition) is 4. The van der Waals surface area contributed by atoms with Crippen LogP contribution < -0.4 is 32.2 Å². The molecule has 0 aliphatic carbocycles. The monoisotopic (exact) mass is 906 g/mol. The predicted molar refractivity (Wildman–Crippen MR) is 245 cm³/mol. The number of aromatic amines is 2. The highest BCUT2D eigenvalue weighted by Crippen LogP contribution is 2.28. The van der Waals surface area contributed by atoms with Crippen LogP contribution in [-0.2, 0) is 30.9 Å². The summed E-state index contributed by atoms with van der Waals surface area (Å²) in [7, 11) is 3.19. The van der Waals surface area contributed by atoms with E-state index in [0.29, 0.717) is 82.6 Å². The Balaban J connectivity index is 1.25. The number of aromatic nitrogens is 8. The molecule has 0 radical (unpaired) electrons. The average molecular weight is 907 g/mol. The van der Waals surface area contributed by atoms with Crippen LogP contribution in [0.2, 0.25) is 0 Å². The molecule has 0 spiro atoms. The summed E-state index contributed by atoms with van der Waals surface area (Å²) < 4.78 is 24.2. The minimum atomic E-state index is -0.656. The molecular formula is C45H58N14O7. The number of hydrogen-bond acceptors (Lipinski definition) is 11. The number of rotatable bonds is 19. The Hall–Kier alpha value is -7.10. The first-order valence-corrected chi connectivity index (χ1v) is 22.0. The molecule has 7 rings (SSSR count). The van der Waals surface area contributed by atoms with E-state index >= 15 is 0 Å². The molecule has 2 aromatic carbocycles. The second-order valence-corrected chi connectivity index (χ2v) is 15.9. The number of fused-ring (bicyclic) bond motifs is 2. The molecule has 21 heteroatoms. The molecule has 0 unspecified atom stereocenters. The maximum Gasteiger partial charge on any atom is 0.298 e. The molecule has 4 aromatic heterocycles. The fourth-order valence-electron chi connectivity index (χ4n) is 8.14. The Morgan fingerprint density at radius 3 is 1.61 bits per heavy atom. The van der Waals surface area contributed by atoms with E-state index in [9.17, 15) is 19.2 Å². The maximum atomic E-state index is 13.8. The number of nitrogens with one attached hydrogen (secondary N) is 2. The Morgan fingerprint density at radius 1 is 0.682 bits per heavy atom. The van der Waals surface area contributed by atoms with Crippen LogP contribution in [0.15, 0.2) is 58.5 Å². The predicted octanol–water partition coefficient (Wildman–Crippen LogP) is 2.28. The average Bonchev–Trinajstić information content (AvgIpc) is 4.07. The number of benzene rings is 2. The van der Waals surface area contributed by atoms with Crippen molar-refractivity contribution in [2.75, 3.05) is 66.7 Å². The van der Waals surface area contributed by atoms with Crippen molar-refractivity contribution in [1.29, 1.82) is 0 Å². The van der Waals surface area contributed by atoms with E-state index in [1.54, 1.807) is 62.9 Å². The summed E-state index contributed by atoms with van der Waals surface area (Å²) in [5.74, 6) is -1.62. The Labute approximate surface area is 380 Å². The number of methoxy groups -OCH3 is 2. The summed E-state index contributed by atoms with van der Waals surface area (Å²) in [6.45, 7) is 15.3. The van der Waals surface area contributed by atoms with E-state index in [1.807, 2.05) is 32.9 Å². The summed E-state index contributed by atoms with van der Waals surface area (Å²) >= 11 is 0. The Bertz CT molecular complexity index is 2940. The van der Waals surface area contributed by atoms with Gasteiger partial charge in [-0.1, -0.05) is 12.2 Å². The third kappa shape index (κ3) is 10.4. The van der Waals surface area contributed by atoms with Crippen molar-refractivity contribution in [3.63, 3.8) is 0 Å². The number of ether oxygens (including phenoxy) is 3. The molecule has 1 fully saturated rings. The van der Waals surface area contributed by atoms with Crippen molar-refractivity contribution in [2.24, 2.45) is 21.5 Å². The zero-order chi connectivity index (χ0) is 47.1. The molecule has 21 nitrogen and oxygen atoms in total. The van der Waals surface area contributed by atoms with Crippen LogP contribution >= 0.6 is 0 Å². The quantitative estimate of drug-likeness (QED) is 0.0678. The fraction of sp³-hybridized carbons (Fsp3) is 0.422. The lowest BCUT2D eigenvalue weighted by atomic mass is 10.1. The first-order chi connectivity index (χ1) is 31.8. The minimum absolute atomic E-state index is 0.170. The molecule has 0 bridgehead atoms. The first kappa shape index (κ1) is 46.9. The number of carbonyl (C=O) groups is 4.